The lowest BCUT2D eigenvalue weighted by Crippen LogP contribution is -2.55. The topological polar surface area (TPSA) is 98.7 Å². The van der Waals surface area contributed by atoms with Gasteiger partial charge in [-0.2, -0.15) is 0 Å². The van der Waals surface area contributed by atoms with E-state index < -0.39 is 17.5 Å². The zero-order valence-corrected chi connectivity index (χ0v) is 11.5. The third kappa shape index (κ3) is 5.15. The molecule has 108 valence electrons. The molecular weight excluding hydrogens is 250 g/mol. The van der Waals surface area contributed by atoms with Gasteiger partial charge in [0.1, 0.15) is 0 Å². The fourth-order valence-electron chi connectivity index (χ4n) is 2.08. The lowest BCUT2D eigenvalue weighted by Gasteiger charge is -2.31. The molecule has 1 fully saturated rings. The molecule has 1 aliphatic rings. The molecule has 0 aromatic rings. The highest BCUT2D eigenvalue weighted by Crippen LogP contribution is 2.11. The molecule has 0 saturated carbocycles. The van der Waals surface area contributed by atoms with E-state index in [1.807, 2.05) is 0 Å². The lowest BCUT2D eigenvalue weighted by atomic mass is 10.0. The number of carboxylic acids is 1. The van der Waals surface area contributed by atoms with E-state index in [4.69, 9.17) is 5.11 Å². The van der Waals surface area contributed by atoms with Gasteiger partial charge in [-0.05, 0) is 20.3 Å². The van der Waals surface area contributed by atoms with Crippen LogP contribution in [0.1, 0.15) is 33.1 Å². The molecule has 0 radical (unpaired) electrons. The summed E-state index contributed by atoms with van der Waals surface area (Å²) in [7, 11) is 1.70. The number of carbonyl (C=O) groups excluding carboxylic acids is 2. The quantitative estimate of drug-likeness (QED) is 0.678. The summed E-state index contributed by atoms with van der Waals surface area (Å²) < 4.78 is 0. The van der Waals surface area contributed by atoms with Crippen molar-refractivity contribution in [2.75, 3.05) is 13.6 Å². The Balaban J connectivity index is 2.43. The van der Waals surface area contributed by atoms with Crippen LogP contribution in [-0.2, 0) is 9.59 Å². The van der Waals surface area contributed by atoms with Crippen LogP contribution in [0.3, 0.4) is 0 Å². The van der Waals surface area contributed by atoms with Gasteiger partial charge in [0.05, 0.1) is 6.42 Å². The van der Waals surface area contributed by atoms with Crippen molar-refractivity contribution in [3.05, 3.63) is 0 Å². The highest BCUT2D eigenvalue weighted by atomic mass is 16.4. The largest absolute Gasteiger partial charge is 0.481 e. The van der Waals surface area contributed by atoms with Gasteiger partial charge in [-0.1, -0.05) is 0 Å². The molecule has 1 saturated heterocycles. The third-order valence-corrected chi connectivity index (χ3v) is 3.01. The van der Waals surface area contributed by atoms with Gasteiger partial charge in [0.2, 0.25) is 5.91 Å². The number of hydrogen-bond donors (Lipinski definition) is 3. The molecule has 1 heterocycles. The maximum Gasteiger partial charge on any atom is 0.315 e. The van der Waals surface area contributed by atoms with Crippen LogP contribution in [0.25, 0.3) is 0 Å². The van der Waals surface area contributed by atoms with Gasteiger partial charge in [0.15, 0.2) is 0 Å². The first-order valence-electron chi connectivity index (χ1n) is 6.24. The number of hydrogen-bond acceptors (Lipinski definition) is 3. The summed E-state index contributed by atoms with van der Waals surface area (Å²) in [5.74, 6) is -0.891. The number of carboxylic acid groups (broad SMARTS) is 1. The summed E-state index contributed by atoms with van der Waals surface area (Å²) in [4.78, 5) is 35.3. The maximum atomic E-state index is 11.8. The summed E-state index contributed by atoms with van der Waals surface area (Å²) in [5, 5.41) is 14.1. The second-order valence-electron chi connectivity index (χ2n) is 5.56. The van der Waals surface area contributed by atoms with Crippen molar-refractivity contribution in [2.24, 2.45) is 0 Å². The molecule has 0 aliphatic carbocycles. The van der Waals surface area contributed by atoms with Crippen LogP contribution >= 0.6 is 0 Å². The minimum absolute atomic E-state index is 0.0738. The van der Waals surface area contributed by atoms with Crippen LogP contribution < -0.4 is 10.6 Å². The molecule has 1 aliphatic heterocycles. The first-order valence-corrected chi connectivity index (χ1v) is 6.24. The standard InChI is InChI=1S/C12H21N3O4/c1-12(2,6-10(17)18)14-11(19)13-8-4-5-9(16)15(3)7-8/h8H,4-7H2,1-3H3,(H,17,18)(H2,13,14,19). The fourth-order valence-corrected chi connectivity index (χ4v) is 2.08. The van der Waals surface area contributed by atoms with Gasteiger partial charge in [-0.25, -0.2) is 4.79 Å². The molecule has 7 nitrogen and oxygen atoms in total. The van der Waals surface area contributed by atoms with Crippen molar-refractivity contribution in [1.29, 1.82) is 0 Å². The Labute approximate surface area is 112 Å². The number of urea groups is 1. The molecular formula is C12H21N3O4. The van der Waals surface area contributed by atoms with Gasteiger partial charge in [0, 0.05) is 31.6 Å². The molecule has 3 amide bonds. The van der Waals surface area contributed by atoms with Crippen LogP contribution in [-0.4, -0.2) is 53.1 Å². The average Bonchev–Trinajstić information content (AvgIpc) is 2.20. The van der Waals surface area contributed by atoms with Gasteiger partial charge in [-0.15, -0.1) is 0 Å². The van der Waals surface area contributed by atoms with Crippen molar-refractivity contribution >= 4 is 17.9 Å². The number of aliphatic carboxylic acids is 1. The normalized spacial score (nSPS) is 20.1. The SMILES string of the molecule is CN1CC(NC(=O)NC(C)(C)CC(=O)O)CCC1=O. The number of nitrogens with zero attached hydrogens (tertiary/aromatic N) is 1. The molecule has 19 heavy (non-hydrogen) atoms. The van der Waals surface area contributed by atoms with Crippen LogP contribution in [0, 0.1) is 0 Å². The molecule has 3 N–H and O–H groups in total. The Hall–Kier alpha value is -1.79. The smallest absolute Gasteiger partial charge is 0.315 e. The first-order chi connectivity index (χ1) is 8.69. The van der Waals surface area contributed by atoms with Crippen molar-refractivity contribution in [2.45, 2.75) is 44.7 Å². The average molecular weight is 271 g/mol. The van der Waals surface area contributed by atoms with Crippen molar-refractivity contribution in [1.82, 2.24) is 15.5 Å². The molecule has 1 rings (SSSR count). The zero-order chi connectivity index (χ0) is 14.6. The number of amides is 3. The highest BCUT2D eigenvalue weighted by molar-refractivity contribution is 5.79. The zero-order valence-electron chi connectivity index (χ0n) is 11.5. The minimum Gasteiger partial charge on any atom is -0.481 e. The summed E-state index contributed by atoms with van der Waals surface area (Å²) in [6.07, 6.45) is 0.874. The Morgan fingerprint density at radius 1 is 1.47 bits per heavy atom. The van der Waals surface area contributed by atoms with Crippen LogP contribution in [0.2, 0.25) is 0 Å². The number of rotatable bonds is 4. The van der Waals surface area contributed by atoms with Crippen molar-refractivity contribution < 1.29 is 19.5 Å². The van der Waals surface area contributed by atoms with Gasteiger partial charge in [0.25, 0.3) is 0 Å². The Kier molecular flexibility index (Phi) is 4.74. The molecule has 0 bridgehead atoms. The van der Waals surface area contributed by atoms with Gasteiger partial charge < -0.3 is 20.6 Å². The van der Waals surface area contributed by atoms with E-state index in [0.29, 0.717) is 19.4 Å². The number of nitrogens with one attached hydrogen (secondary N) is 2. The summed E-state index contributed by atoms with van der Waals surface area (Å²) in [6.45, 7) is 3.78. The monoisotopic (exact) mass is 271 g/mol. The highest BCUT2D eigenvalue weighted by Gasteiger charge is 2.27. The fraction of sp³-hybridized carbons (Fsp3) is 0.750. The Morgan fingerprint density at radius 3 is 2.63 bits per heavy atom. The van der Waals surface area contributed by atoms with Crippen molar-refractivity contribution in [3.8, 4) is 0 Å². The van der Waals surface area contributed by atoms with Crippen LogP contribution in [0.5, 0.6) is 0 Å². The van der Waals surface area contributed by atoms with E-state index in [9.17, 15) is 14.4 Å². The molecule has 1 atom stereocenters. The van der Waals surface area contributed by atoms with Gasteiger partial charge >= 0.3 is 12.0 Å². The van der Waals surface area contributed by atoms with E-state index in [1.165, 1.54) is 0 Å². The van der Waals surface area contributed by atoms with E-state index in [-0.39, 0.29) is 18.4 Å². The minimum atomic E-state index is -0.965. The van der Waals surface area contributed by atoms with Gasteiger partial charge in [-0.3, -0.25) is 9.59 Å². The lowest BCUT2D eigenvalue weighted by molar-refractivity contribution is -0.138. The third-order valence-electron chi connectivity index (χ3n) is 3.01. The number of likely N-dealkylation sites (tertiary alicyclic amines) is 1. The van der Waals surface area contributed by atoms with Crippen LogP contribution in [0.4, 0.5) is 4.79 Å². The van der Waals surface area contributed by atoms with Crippen LogP contribution in [0.15, 0.2) is 0 Å². The van der Waals surface area contributed by atoms with E-state index in [0.717, 1.165) is 0 Å². The Morgan fingerprint density at radius 2 is 2.11 bits per heavy atom. The molecule has 0 aromatic heterocycles. The number of likely N-dealkylation sites (N-methyl/N-ethyl adjacent to an activating group) is 1. The second-order valence-corrected chi connectivity index (χ2v) is 5.56. The maximum absolute atomic E-state index is 11.8. The number of carbonyl (C=O) groups is 3. The molecule has 1 unspecified atom stereocenters. The molecule has 7 heteroatoms. The summed E-state index contributed by atoms with van der Waals surface area (Å²) in [5.41, 5.74) is -0.813. The Bertz CT molecular complexity index is 381. The first kappa shape index (κ1) is 15.3. The molecule has 0 spiro atoms. The molecule has 0 aromatic carbocycles. The van der Waals surface area contributed by atoms with Crippen molar-refractivity contribution in [3.63, 3.8) is 0 Å². The number of piperidine rings is 1. The predicted octanol–water partition coefficient (Wildman–Crippen LogP) is 0.160. The van der Waals surface area contributed by atoms with E-state index in [2.05, 4.69) is 10.6 Å². The van der Waals surface area contributed by atoms with E-state index >= 15 is 0 Å². The summed E-state index contributed by atoms with van der Waals surface area (Å²) in [6, 6.07) is -0.498. The summed E-state index contributed by atoms with van der Waals surface area (Å²) >= 11 is 0. The second kappa shape index (κ2) is 5.90. The van der Waals surface area contributed by atoms with E-state index in [1.54, 1.807) is 25.8 Å². The predicted molar refractivity (Wildman–Crippen MR) is 68.7 cm³/mol.